The molecule has 1 atom stereocenters. The Kier molecular flexibility index (Phi) is 3.62. The molecule has 1 aromatic rings. The van der Waals surface area contributed by atoms with E-state index in [4.69, 9.17) is 5.84 Å². The van der Waals surface area contributed by atoms with Gasteiger partial charge in [-0.05, 0) is 24.8 Å². The molecule has 16 heavy (non-hydrogen) atoms. The minimum atomic E-state index is 0.298. The largest absolute Gasteiger partial charge is 0.271 e. The molecule has 1 aromatic carbocycles. The molecule has 2 nitrogen and oxygen atoms in total. The normalized spacial score (nSPS) is 20.1. The van der Waals surface area contributed by atoms with Crippen LogP contribution in [0, 0.1) is 0 Å². The standard InChI is InChI=1S/C14H22N2/c1-2-7-13(16-15)14(10-6-11-14)12-8-4-3-5-9-12/h3-5,8-9,13,16H,2,6-7,10-11,15H2,1H3. The average molecular weight is 218 g/mol. The van der Waals surface area contributed by atoms with Gasteiger partial charge in [-0.2, -0.15) is 0 Å². The van der Waals surface area contributed by atoms with E-state index in [1.165, 1.54) is 31.2 Å². The van der Waals surface area contributed by atoms with Gasteiger partial charge < -0.3 is 0 Å². The summed E-state index contributed by atoms with van der Waals surface area (Å²) in [5, 5.41) is 0. The lowest BCUT2D eigenvalue weighted by Gasteiger charge is -2.48. The van der Waals surface area contributed by atoms with Crippen molar-refractivity contribution in [2.45, 2.75) is 50.5 Å². The summed E-state index contributed by atoms with van der Waals surface area (Å²) in [4.78, 5) is 0. The Morgan fingerprint density at radius 2 is 2.00 bits per heavy atom. The van der Waals surface area contributed by atoms with Crippen molar-refractivity contribution in [3.05, 3.63) is 35.9 Å². The highest BCUT2D eigenvalue weighted by atomic mass is 15.2. The molecule has 0 radical (unpaired) electrons. The second kappa shape index (κ2) is 4.98. The van der Waals surface area contributed by atoms with Gasteiger partial charge in [0.1, 0.15) is 0 Å². The highest BCUT2D eigenvalue weighted by molar-refractivity contribution is 5.30. The van der Waals surface area contributed by atoms with Crippen LogP contribution in [0.25, 0.3) is 0 Å². The molecular formula is C14H22N2. The Bertz CT molecular complexity index is 317. The van der Waals surface area contributed by atoms with Crippen molar-refractivity contribution in [1.82, 2.24) is 5.43 Å². The van der Waals surface area contributed by atoms with Crippen molar-refractivity contribution < 1.29 is 0 Å². The Morgan fingerprint density at radius 1 is 1.31 bits per heavy atom. The fourth-order valence-corrected chi connectivity index (χ4v) is 2.97. The van der Waals surface area contributed by atoms with Crippen LogP contribution in [-0.2, 0) is 5.41 Å². The van der Waals surface area contributed by atoms with Gasteiger partial charge in [-0.25, -0.2) is 0 Å². The molecule has 1 fully saturated rings. The number of hydrogen-bond acceptors (Lipinski definition) is 2. The third-order valence-electron chi connectivity index (χ3n) is 4.04. The summed E-state index contributed by atoms with van der Waals surface area (Å²) in [7, 11) is 0. The average Bonchev–Trinajstić information content (AvgIpc) is 2.28. The Labute approximate surface area is 98.2 Å². The lowest BCUT2D eigenvalue weighted by Crippen LogP contribution is -2.54. The fourth-order valence-electron chi connectivity index (χ4n) is 2.97. The van der Waals surface area contributed by atoms with Crippen LogP contribution in [0.1, 0.15) is 44.6 Å². The van der Waals surface area contributed by atoms with E-state index in [1.54, 1.807) is 0 Å². The van der Waals surface area contributed by atoms with Gasteiger partial charge in [0.05, 0.1) is 0 Å². The minimum absolute atomic E-state index is 0.298. The maximum Gasteiger partial charge on any atom is 0.0307 e. The van der Waals surface area contributed by atoms with E-state index in [0.717, 1.165) is 6.42 Å². The number of rotatable bonds is 5. The SMILES string of the molecule is CCCC(NN)C1(c2ccccc2)CCC1. The maximum atomic E-state index is 5.74. The Hall–Kier alpha value is -0.860. The second-order valence-corrected chi connectivity index (χ2v) is 4.88. The van der Waals surface area contributed by atoms with Crippen molar-refractivity contribution in [1.29, 1.82) is 0 Å². The third kappa shape index (κ3) is 1.87. The molecule has 2 heteroatoms. The van der Waals surface area contributed by atoms with Crippen LogP contribution in [0.5, 0.6) is 0 Å². The molecule has 2 rings (SSSR count). The number of benzene rings is 1. The molecular weight excluding hydrogens is 196 g/mol. The molecule has 0 aliphatic heterocycles. The van der Waals surface area contributed by atoms with Gasteiger partial charge in [0, 0.05) is 11.5 Å². The number of hydrazine groups is 1. The first-order valence-corrected chi connectivity index (χ1v) is 6.35. The Balaban J connectivity index is 2.25. The van der Waals surface area contributed by atoms with Crippen molar-refractivity contribution >= 4 is 0 Å². The summed E-state index contributed by atoms with van der Waals surface area (Å²) in [5.41, 5.74) is 4.80. The van der Waals surface area contributed by atoms with E-state index in [2.05, 4.69) is 42.7 Å². The minimum Gasteiger partial charge on any atom is -0.271 e. The van der Waals surface area contributed by atoms with Gasteiger partial charge in [0.2, 0.25) is 0 Å². The summed E-state index contributed by atoms with van der Waals surface area (Å²) < 4.78 is 0. The summed E-state index contributed by atoms with van der Waals surface area (Å²) >= 11 is 0. The first-order valence-electron chi connectivity index (χ1n) is 6.35. The zero-order valence-electron chi connectivity index (χ0n) is 10.1. The topological polar surface area (TPSA) is 38.0 Å². The summed E-state index contributed by atoms with van der Waals surface area (Å²) in [6.45, 7) is 2.22. The zero-order chi connectivity index (χ0) is 11.4. The maximum absolute atomic E-state index is 5.74. The number of nitrogens with two attached hydrogens (primary N) is 1. The lowest BCUT2D eigenvalue weighted by molar-refractivity contribution is 0.161. The van der Waals surface area contributed by atoms with Crippen LogP contribution in [0.3, 0.4) is 0 Å². The Morgan fingerprint density at radius 3 is 2.44 bits per heavy atom. The van der Waals surface area contributed by atoms with Gasteiger partial charge in [0.25, 0.3) is 0 Å². The van der Waals surface area contributed by atoms with Crippen LogP contribution < -0.4 is 11.3 Å². The molecule has 1 aliphatic rings. The smallest absolute Gasteiger partial charge is 0.0307 e. The van der Waals surface area contributed by atoms with Crippen molar-refractivity contribution in [3.8, 4) is 0 Å². The fraction of sp³-hybridized carbons (Fsp3) is 0.571. The van der Waals surface area contributed by atoms with Crippen LogP contribution >= 0.6 is 0 Å². The summed E-state index contributed by atoms with van der Waals surface area (Å²) in [6, 6.07) is 11.3. The molecule has 0 saturated heterocycles. The highest BCUT2D eigenvalue weighted by Crippen LogP contribution is 2.47. The van der Waals surface area contributed by atoms with Crippen molar-refractivity contribution in [3.63, 3.8) is 0 Å². The molecule has 0 spiro atoms. The number of hydrogen-bond donors (Lipinski definition) is 2. The molecule has 1 aliphatic carbocycles. The quantitative estimate of drug-likeness (QED) is 0.589. The first-order chi connectivity index (χ1) is 7.83. The van der Waals surface area contributed by atoms with E-state index in [0.29, 0.717) is 11.5 Å². The van der Waals surface area contributed by atoms with E-state index < -0.39 is 0 Å². The molecule has 1 unspecified atom stereocenters. The van der Waals surface area contributed by atoms with Crippen LogP contribution in [0.2, 0.25) is 0 Å². The summed E-state index contributed by atoms with van der Waals surface area (Å²) in [6.07, 6.45) is 6.21. The van der Waals surface area contributed by atoms with Crippen LogP contribution in [-0.4, -0.2) is 6.04 Å². The van der Waals surface area contributed by atoms with Gasteiger partial charge in [0.15, 0.2) is 0 Å². The third-order valence-corrected chi connectivity index (χ3v) is 4.04. The van der Waals surface area contributed by atoms with E-state index in [9.17, 15) is 0 Å². The monoisotopic (exact) mass is 218 g/mol. The summed E-state index contributed by atoms with van der Waals surface area (Å²) in [5.74, 6) is 5.74. The van der Waals surface area contributed by atoms with Crippen LogP contribution in [0.4, 0.5) is 0 Å². The number of nitrogens with one attached hydrogen (secondary N) is 1. The molecule has 0 aromatic heterocycles. The molecule has 0 heterocycles. The van der Waals surface area contributed by atoms with E-state index in [1.807, 2.05) is 0 Å². The first kappa shape index (κ1) is 11.6. The molecule has 88 valence electrons. The predicted octanol–water partition coefficient (Wildman–Crippen LogP) is 2.74. The second-order valence-electron chi connectivity index (χ2n) is 4.88. The predicted molar refractivity (Wildman–Crippen MR) is 68.0 cm³/mol. The molecule has 0 bridgehead atoms. The lowest BCUT2D eigenvalue weighted by atomic mass is 9.59. The van der Waals surface area contributed by atoms with Gasteiger partial charge in [-0.3, -0.25) is 11.3 Å². The van der Waals surface area contributed by atoms with Crippen molar-refractivity contribution in [2.24, 2.45) is 5.84 Å². The molecule has 1 saturated carbocycles. The van der Waals surface area contributed by atoms with Gasteiger partial charge >= 0.3 is 0 Å². The van der Waals surface area contributed by atoms with Crippen LogP contribution in [0.15, 0.2) is 30.3 Å². The molecule has 0 amide bonds. The van der Waals surface area contributed by atoms with E-state index in [-0.39, 0.29) is 0 Å². The highest BCUT2D eigenvalue weighted by Gasteiger charge is 2.44. The van der Waals surface area contributed by atoms with Gasteiger partial charge in [-0.15, -0.1) is 0 Å². The van der Waals surface area contributed by atoms with Crippen molar-refractivity contribution in [2.75, 3.05) is 0 Å². The van der Waals surface area contributed by atoms with E-state index >= 15 is 0 Å². The van der Waals surface area contributed by atoms with Gasteiger partial charge in [-0.1, -0.05) is 50.1 Å². The molecule has 3 N–H and O–H groups in total. The zero-order valence-corrected chi connectivity index (χ0v) is 10.1.